The highest BCUT2D eigenvalue weighted by molar-refractivity contribution is 14.1. The van der Waals surface area contributed by atoms with Gasteiger partial charge in [-0.25, -0.2) is 0 Å². The lowest BCUT2D eigenvalue weighted by molar-refractivity contribution is 0.432. The number of nitrogens with one attached hydrogen (secondary N) is 1. The number of amidine groups is 1. The Hall–Kier alpha value is -2.22. The molecule has 0 saturated heterocycles. The Morgan fingerprint density at radius 1 is 0.913 bits per heavy atom. The fourth-order valence-corrected chi connectivity index (χ4v) is 2.78. The smallest absolute Gasteiger partial charge is 0.258 e. The van der Waals surface area contributed by atoms with E-state index in [1.54, 1.807) is 0 Å². The number of nitrogens with zero attached hydrogens (tertiary/aromatic N) is 3. The van der Waals surface area contributed by atoms with Crippen molar-refractivity contribution in [1.29, 1.82) is 0 Å². The molecule has 0 spiro atoms. The predicted octanol–water partition coefficient (Wildman–Crippen LogP) is 3.36. The molecule has 0 fully saturated rings. The SMILES string of the molecule is Ic1ccc(-c2nc(-c3ccc(C4=NCCN4)cc3)no2)cc1. The molecule has 114 valence electrons. The zero-order valence-electron chi connectivity index (χ0n) is 12.2. The van der Waals surface area contributed by atoms with Crippen molar-refractivity contribution in [2.45, 2.75) is 0 Å². The second-order valence-corrected chi connectivity index (χ2v) is 6.41. The molecule has 5 nitrogen and oxygen atoms in total. The van der Waals surface area contributed by atoms with Gasteiger partial charge in [0.25, 0.3) is 5.89 Å². The summed E-state index contributed by atoms with van der Waals surface area (Å²) in [5.74, 6) is 2.07. The molecule has 0 aliphatic carbocycles. The van der Waals surface area contributed by atoms with E-state index in [9.17, 15) is 0 Å². The Morgan fingerprint density at radius 2 is 1.61 bits per heavy atom. The van der Waals surface area contributed by atoms with Crippen LogP contribution in [0.15, 0.2) is 58.0 Å². The first-order chi connectivity index (χ1) is 11.3. The van der Waals surface area contributed by atoms with Crippen LogP contribution in [0.2, 0.25) is 0 Å². The molecule has 1 aliphatic rings. The van der Waals surface area contributed by atoms with E-state index >= 15 is 0 Å². The third-order valence-corrected chi connectivity index (χ3v) is 4.33. The summed E-state index contributed by atoms with van der Waals surface area (Å²) in [6.45, 7) is 1.74. The normalized spacial score (nSPS) is 13.7. The third kappa shape index (κ3) is 2.98. The van der Waals surface area contributed by atoms with Gasteiger partial charge < -0.3 is 9.84 Å². The number of aromatic nitrogens is 2. The molecule has 0 unspecified atom stereocenters. The van der Waals surface area contributed by atoms with Gasteiger partial charge in [0, 0.05) is 26.8 Å². The largest absolute Gasteiger partial charge is 0.368 e. The average Bonchev–Trinajstić information content (AvgIpc) is 3.28. The van der Waals surface area contributed by atoms with Gasteiger partial charge in [0.2, 0.25) is 5.82 Å². The van der Waals surface area contributed by atoms with E-state index in [-0.39, 0.29) is 0 Å². The summed E-state index contributed by atoms with van der Waals surface area (Å²) >= 11 is 2.27. The van der Waals surface area contributed by atoms with Gasteiger partial charge in [-0.2, -0.15) is 4.98 Å². The second kappa shape index (κ2) is 6.11. The first kappa shape index (κ1) is 14.4. The molecule has 0 amide bonds. The molecule has 0 radical (unpaired) electrons. The fourth-order valence-electron chi connectivity index (χ4n) is 2.42. The number of hydrogen-bond acceptors (Lipinski definition) is 5. The Bertz CT molecular complexity index is 853. The number of benzene rings is 2. The van der Waals surface area contributed by atoms with Crippen LogP contribution >= 0.6 is 22.6 Å². The van der Waals surface area contributed by atoms with Crippen LogP contribution in [0.1, 0.15) is 5.56 Å². The highest BCUT2D eigenvalue weighted by Crippen LogP contribution is 2.23. The lowest BCUT2D eigenvalue weighted by atomic mass is 10.1. The number of rotatable bonds is 3. The highest BCUT2D eigenvalue weighted by atomic mass is 127. The Labute approximate surface area is 147 Å². The molecule has 3 aromatic rings. The van der Waals surface area contributed by atoms with E-state index in [2.05, 4.69) is 43.0 Å². The van der Waals surface area contributed by atoms with E-state index in [1.165, 1.54) is 3.57 Å². The van der Waals surface area contributed by atoms with Crippen molar-refractivity contribution in [3.05, 3.63) is 57.7 Å². The molecule has 2 heterocycles. The van der Waals surface area contributed by atoms with Gasteiger partial charge in [-0.05, 0) is 46.9 Å². The van der Waals surface area contributed by atoms with Gasteiger partial charge in [0.05, 0.1) is 6.54 Å². The molecule has 1 N–H and O–H groups in total. The minimum absolute atomic E-state index is 0.530. The topological polar surface area (TPSA) is 63.3 Å². The van der Waals surface area contributed by atoms with Crippen molar-refractivity contribution in [2.75, 3.05) is 13.1 Å². The summed E-state index contributed by atoms with van der Waals surface area (Å²) in [4.78, 5) is 8.90. The molecule has 1 aliphatic heterocycles. The summed E-state index contributed by atoms with van der Waals surface area (Å²) in [7, 11) is 0. The van der Waals surface area contributed by atoms with Crippen LogP contribution in [0.3, 0.4) is 0 Å². The lowest BCUT2D eigenvalue weighted by Gasteiger charge is -2.02. The number of hydrogen-bond donors (Lipinski definition) is 1. The van der Waals surface area contributed by atoms with Crippen LogP contribution in [-0.2, 0) is 0 Å². The maximum absolute atomic E-state index is 5.38. The molecule has 0 bridgehead atoms. The zero-order valence-corrected chi connectivity index (χ0v) is 14.3. The Kier molecular flexibility index (Phi) is 3.82. The van der Waals surface area contributed by atoms with Crippen molar-refractivity contribution in [3.8, 4) is 22.8 Å². The minimum atomic E-state index is 0.530. The van der Waals surface area contributed by atoms with Gasteiger partial charge in [-0.1, -0.05) is 29.4 Å². The maximum Gasteiger partial charge on any atom is 0.258 e. The summed E-state index contributed by atoms with van der Waals surface area (Å²) in [6.07, 6.45) is 0. The van der Waals surface area contributed by atoms with E-state index in [4.69, 9.17) is 4.52 Å². The number of halogens is 1. The molecular formula is C17H13IN4O. The second-order valence-electron chi connectivity index (χ2n) is 5.16. The van der Waals surface area contributed by atoms with Gasteiger partial charge in [-0.15, -0.1) is 0 Å². The lowest BCUT2D eigenvalue weighted by Crippen LogP contribution is -2.19. The van der Waals surface area contributed by atoms with Gasteiger partial charge >= 0.3 is 0 Å². The van der Waals surface area contributed by atoms with E-state index in [1.807, 2.05) is 48.5 Å². The molecule has 4 rings (SSSR count). The van der Waals surface area contributed by atoms with E-state index < -0.39 is 0 Å². The summed E-state index contributed by atoms with van der Waals surface area (Å²) in [5, 5.41) is 7.34. The average molecular weight is 416 g/mol. The van der Waals surface area contributed by atoms with Gasteiger partial charge in [0.15, 0.2) is 0 Å². The number of aliphatic imine (C=N–C) groups is 1. The van der Waals surface area contributed by atoms with Gasteiger partial charge in [-0.3, -0.25) is 4.99 Å². The minimum Gasteiger partial charge on any atom is -0.368 e. The Morgan fingerprint density at radius 3 is 2.30 bits per heavy atom. The van der Waals surface area contributed by atoms with Crippen molar-refractivity contribution >= 4 is 28.4 Å². The van der Waals surface area contributed by atoms with Crippen molar-refractivity contribution < 1.29 is 4.52 Å². The first-order valence-corrected chi connectivity index (χ1v) is 8.36. The van der Waals surface area contributed by atoms with Crippen LogP contribution < -0.4 is 5.32 Å². The van der Waals surface area contributed by atoms with Crippen molar-refractivity contribution in [1.82, 2.24) is 15.5 Å². The quantitative estimate of drug-likeness (QED) is 0.666. The van der Waals surface area contributed by atoms with Crippen LogP contribution in [0.5, 0.6) is 0 Å². The standard InChI is InChI=1S/C17H13IN4O/c18-14-7-5-13(6-8-14)17-21-16(22-23-17)12-3-1-11(2-4-12)15-19-9-10-20-15/h1-8H,9-10H2,(H,19,20). The molecule has 1 aromatic heterocycles. The third-order valence-electron chi connectivity index (χ3n) is 3.61. The molecule has 23 heavy (non-hydrogen) atoms. The van der Waals surface area contributed by atoms with Crippen LogP contribution in [0.4, 0.5) is 0 Å². The van der Waals surface area contributed by atoms with Crippen LogP contribution in [0, 0.1) is 3.57 Å². The maximum atomic E-state index is 5.38. The Balaban J connectivity index is 1.60. The van der Waals surface area contributed by atoms with Crippen LogP contribution in [0.25, 0.3) is 22.8 Å². The molecule has 0 atom stereocenters. The van der Waals surface area contributed by atoms with Gasteiger partial charge in [0.1, 0.15) is 5.84 Å². The summed E-state index contributed by atoms with van der Waals surface area (Å²) < 4.78 is 6.55. The monoisotopic (exact) mass is 416 g/mol. The molecule has 0 saturated carbocycles. The van der Waals surface area contributed by atoms with Crippen molar-refractivity contribution in [2.24, 2.45) is 4.99 Å². The predicted molar refractivity (Wildman–Crippen MR) is 97.3 cm³/mol. The summed E-state index contributed by atoms with van der Waals surface area (Å²) in [5.41, 5.74) is 2.92. The fraction of sp³-hybridized carbons (Fsp3) is 0.118. The first-order valence-electron chi connectivity index (χ1n) is 7.28. The van der Waals surface area contributed by atoms with E-state index in [0.29, 0.717) is 11.7 Å². The van der Waals surface area contributed by atoms with E-state index in [0.717, 1.165) is 35.6 Å². The van der Waals surface area contributed by atoms with Crippen LogP contribution in [-0.4, -0.2) is 29.1 Å². The van der Waals surface area contributed by atoms with Crippen molar-refractivity contribution in [3.63, 3.8) is 0 Å². The summed E-state index contributed by atoms with van der Waals surface area (Å²) in [6, 6.07) is 16.0. The molecular weight excluding hydrogens is 403 g/mol. The molecule has 2 aromatic carbocycles. The zero-order chi connectivity index (χ0) is 15.6. The molecule has 6 heteroatoms. The highest BCUT2D eigenvalue weighted by Gasteiger charge is 2.12.